The van der Waals surface area contributed by atoms with Gasteiger partial charge in [-0.3, -0.25) is 9.80 Å². The Labute approximate surface area is 180 Å². The maximum atomic E-state index is 5.42. The SMILES string of the molecule is Cc1nc(-c2nc(-c3ccccc3)no2)nn1Cc1cc[nH+]c(N2CCN(C)CC2)c1. The standard InChI is InChI=1S/C22H24N8O/c1-16-24-21(22-25-20(27-31-22)18-6-4-3-5-7-18)26-30(16)15-17-8-9-23-19(14-17)29-12-10-28(2)11-13-29/h3-9,14H,10-13,15H2,1-2H3/p+1. The normalized spacial score (nSPS) is 14.8. The molecular formula is C22H25N8O+. The van der Waals surface area contributed by atoms with Crippen molar-refractivity contribution < 1.29 is 9.51 Å². The molecule has 0 atom stereocenters. The number of hydrogen-bond donors (Lipinski definition) is 0. The van der Waals surface area contributed by atoms with Gasteiger partial charge >= 0.3 is 0 Å². The molecule has 5 rings (SSSR count). The van der Waals surface area contributed by atoms with Crippen molar-refractivity contribution in [3.05, 3.63) is 60.0 Å². The van der Waals surface area contributed by atoms with Gasteiger partial charge in [0.05, 0.1) is 25.8 Å². The van der Waals surface area contributed by atoms with E-state index in [1.54, 1.807) is 0 Å². The minimum Gasteiger partial charge on any atom is -0.330 e. The summed E-state index contributed by atoms with van der Waals surface area (Å²) in [6.07, 6.45) is 1.99. The number of nitrogens with zero attached hydrogens (tertiary/aromatic N) is 7. The number of H-pyrrole nitrogens is 1. The Morgan fingerprint density at radius 3 is 2.61 bits per heavy atom. The number of pyridine rings is 1. The van der Waals surface area contributed by atoms with E-state index in [1.807, 2.05) is 48.1 Å². The Hall–Kier alpha value is -3.59. The van der Waals surface area contributed by atoms with Gasteiger partial charge in [0.2, 0.25) is 11.6 Å². The topological polar surface area (TPSA) is 90.2 Å². The Bertz CT molecular complexity index is 1160. The van der Waals surface area contributed by atoms with E-state index in [0.29, 0.717) is 24.1 Å². The van der Waals surface area contributed by atoms with Gasteiger partial charge in [-0.15, -0.1) is 5.10 Å². The molecule has 31 heavy (non-hydrogen) atoms. The minimum absolute atomic E-state index is 0.320. The maximum Gasteiger partial charge on any atom is 0.297 e. The molecule has 9 heteroatoms. The van der Waals surface area contributed by atoms with Gasteiger partial charge in [-0.25, -0.2) is 14.6 Å². The second-order valence-electron chi connectivity index (χ2n) is 7.80. The Morgan fingerprint density at radius 2 is 1.81 bits per heavy atom. The third kappa shape index (κ3) is 4.17. The van der Waals surface area contributed by atoms with E-state index >= 15 is 0 Å². The highest BCUT2D eigenvalue weighted by Gasteiger charge is 2.22. The Morgan fingerprint density at radius 1 is 1.00 bits per heavy atom. The summed E-state index contributed by atoms with van der Waals surface area (Å²) in [6, 6.07) is 14.0. The molecule has 1 aromatic carbocycles. The molecule has 0 bridgehead atoms. The van der Waals surface area contributed by atoms with Crippen molar-refractivity contribution in [1.29, 1.82) is 0 Å². The molecule has 0 amide bonds. The lowest BCUT2D eigenvalue weighted by molar-refractivity contribution is -0.364. The number of aromatic nitrogens is 6. The van der Waals surface area contributed by atoms with Crippen molar-refractivity contribution in [2.24, 2.45) is 0 Å². The van der Waals surface area contributed by atoms with Gasteiger partial charge in [0.15, 0.2) is 0 Å². The van der Waals surface area contributed by atoms with Crippen LogP contribution in [0.5, 0.6) is 0 Å². The fourth-order valence-corrected chi connectivity index (χ4v) is 3.68. The van der Waals surface area contributed by atoms with E-state index in [1.165, 1.54) is 0 Å². The first kappa shape index (κ1) is 19.4. The number of rotatable bonds is 5. The lowest BCUT2D eigenvalue weighted by atomic mass is 10.2. The third-order valence-electron chi connectivity index (χ3n) is 5.53. The number of aromatic amines is 1. The minimum atomic E-state index is 0.320. The van der Waals surface area contributed by atoms with Crippen LogP contribution in [0, 0.1) is 6.92 Å². The van der Waals surface area contributed by atoms with Gasteiger partial charge in [0.1, 0.15) is 5.82 Å². The van der Waals surface area contributed by atoms with Crippen LogP contribution in [0.2, 0.25) is 0 Å². The van der Waals surface area contributed by atoms with Crippen molar-refractivity contribution in [1.82, 2.24) is 29.8 Å². The largest absolute Gasteiger partial charge is 0.330 e. The Kier molecular flexibility index (Phi) is 5.17. The average Bonchev–Trinajstić information content (AvgIpc) is 3.43. The van der Waals surface area contributed by atoms with Crippen LogP contribution >= 0.6 is 0 Å². The molecule has 1 aliphatic heterocycles. The number of piperazine rings is 1. The van der Waals surface area contributed by atoms with Gasteiger partial charge in [0.25, 0.3) is 11.7 Å². The van der Waals surface area contributed by atoms with Gasteiger partial charge in [-0.2, -0.15) is 4.98 Å². The summed E-state index contributed by atoms with van der Waals surface area (Å²) in [7, 11) is 2.16. The fraction of sp³-hybridized carbons (Fsp3) is 0.318. The summed E-state index contributed by atoms with van der Waals surface area (Å²) < 4.78 is 7.28. The number of likely N-dealkylation sites (N-methyl/N-ethyl adjacent to an activating group) is 1. The molecule has 158 valence electrons. The first-order chi connectivity index (χ1) is 15.2. The van der Waals surface area contributed by atoms with E-state index in [-0.39, 0.29) is 0 Å². The van der Waals surface area contributed by atoms with E-state index in [0.717, 1.165) is 48.9 Å². The van der Waals surface area contributed by atoms with Crippen LogP contribution in [-0.4, -0.2) is 63.0 Å². The molecule has 9 nitrogen and oxygen atoms in total. The molecule has 1 fully saturated rings. The molecular weight excluding hydrogens is 392 g/mol. The lowest BCUT2D eigenvalue weighted by Gasteiger charge is -2.27. The first-order valence-electron chi connectivity index (χ1n) is 10.4. The van der Waals surface area contributed by atoms with Crippen LogP contribution in [0.4, 0.5) is 5.82 Å². The van der Waals surface area contributed by atoms with E-state index < -0.39 is 0 Å². The van der Waals surface area contributed by atoms with E-state index in [9.17, 15) is 0 Å². The van der Waals surface area contributed by atoms with Crippen molar-refractivity contribution in [3.63, 3.8) is 0 Å². The molecule has 0 unspecified atom stereocenters. The third-order valence-corrected chi connectivity index (χ3v) is 5.53. The number of nitrogens with one attached hydrogen (secondary N) is 1. The van der Waals surface area contributed by atoms with Crippen molar-refractivity contribution >= 4 is 5.82 Å². The van der Waals surface area contributed by atoms with Crippen LogP contribution in [0.3, 0.4) is 0 Å². The highest BCUT2D eigenvalue weighted by Crippen LogP contribution is 2.20. The number of anilines is 1. The summed E-state index contributed by atoms with van der Waals surface area (Å²) >= 11 is 0. The molecule has 0 aliphatic carbocycles. The van der Waals surface area contributed by atoms with E-state index in [2.05, 4.69) is 54.2 Å². The van der Waals surface area contributed by atoms with Gasteiger partial charge < -0.3 is 4.52 Å². The number of benzene rings is 1. The summed E-state index contributed by atoms with van der Waals surface area (Å²) in [5.74, 6) is 3.21. The van der Waals surface area contributed by atoms with Crippen molar-refractivity contribution in [2.75, 3.05) is 38.1 Å². The zero-order valence-electron chi connectivity index (χ0n) is 17.7. The number of aryl methyl sites for hydroxylation is 1. The predicted molar refractivity (Wildman–Crippen MR) is 115 cm³/mol. The quantitative estimate of drug-likeness (QED) is 0.490. The van der Waals surface area contributed by atoms with Crippen LogP contribution in [-0.2, 0) is 6.54 Å². The molecule has 0 saturated carbocycles. The van der Waals surface area contributed by atoms with Gasteiger partial charge in [-0.05, 0) is 25.6 Å². The molecule has 4 heterocycles. The summed E-state index contributed by atoms with van der Waals surface area (Å²) in [5, 5.41) is 8.68. The summed E-state index contributed by atoms with van der Waals surface area (Å²) in [6.45, 7) is 6.72. The van der Waals surface area contributed by atoms with Crippen LogP contribution in [0.25, 0.3) is 23.1 Å². The second-order valence-corrected chi connectivity index (χ2v) is 7.80. The fourth-order valence-electron chi connectivity index (χ4n) is 3.68. The molecule has 3 aromatic heterocycles. The molecule has 4 aromatic rings. The maximum absolute atomic E-state index is 5.42. The van der Waals surface area contributed by atoms with E-state index in [4.69, 9.17) is 4.52 Å². The van der Waals surface area contributed by atoms with Crippen LogP contribution in [0.1, 0.15) is 11.4 Å². The zero-order valence-corrected chi connectivity index (χ0v) is 17.7. The molecule has 1 saturated heterocycles. The molecule has 0 spiro atoms. The predicted octanol–water partition coefficient (Wildman–Crippen LogP) is 1.92. The monoisotopic (exact) mass is 417 g/mol. The van der Waals surface area contributed by atoms with Crippen molar-refractivity contribution in [3.8, 4) is 23.1 Å². The van der Waals surface area contributed by atoms with Crippen LogP contribution in [0.15, 0.2) is 53.2 Å². The highest BCUT2D eigenvalue weighted by molar-refractivity contribution is 5.56. The first-order valence-corrected chi connectivity index (χ1v) is 10.4. The van der Waals surface area contributed by atoms with Gasteiger partial charge in [-0.1, -0.05) is 35.5 Å². The molecule has 1 N–H and O–H groups in total. The highest BCUT2D eigenvalue weighted by atomic mass is 16.5. The second kappa shape index (κ2) is 8.27. The summed E-state index contributed by atoms with van der Waals surface area (Å²) in [5.41, 5.74) is 2.05. The van der Waals surface area contributed by atoms with Crippen molar-refractivity contribution in [2.45, 2.75) is 13.5 Å². The van der Waals surface area contributed by atoms with Gasteiger partial charge in [0, 0.05) is 24.7 Å². The summed E-state index contributed by atoms with van der Waals surface area (Å²) in [4.78, 5) is 17.1. The molecule has 0 radical (unpaired) electrons. The average molecular weight is 417 g/mol. The smallest absolute Gasteiger partial charge is 0.297 e. The number of hydrogen-bond acceptors (Lipinski definition) is 7. The Balaban J connectivity index is 1.34. The zero-order chi connectivity index (χ0) is 21.2. The lowest BCUT2D eigenvalue weighted by Crippen LogP contribution is -2.46. The molecule has 1 aliphatic rings. The van der Waals surface area contributed by atoms with Crippen LogP contribution < -0.4 is 9.88 Å².